The number of hydrogen-bond donors (Lipinski definition) is 1. The summed E-state index contributed by atoms with van der Waals surface area (Å²) in [5, 5.41) is 7.74. The fourth-order valence-corrected chi connectivity index (χ4v) is 2.11. The van der Waals surface area contributed by atoms with Gasteiger partial charge in [0, 0.05) is 19.8 Å². The van der Waals surface area contributed by atoms with E-state index in [4.69, 9.17) is 9.47 Å². The van der Waals surface area contributed by atoms with Crippen molar-refractivity contribution in [2.24, 2.45) is 0 Å². The topological polar surface area (TPSA) is 48.3 Å². The number of ether oxygens (including phenoxy) is 2. The summed E-state index contributed by atoms with van der Waals surface area (Å²) in [6.45, 7) is 5.02. The predicted molar refractivity (Wildman–Crippen MR) is 72.1 cm³/mol. The van der Waals surface area contributed by atoms with Gasteiger partial charge in [-0.15, -0.1) is 0 Å². The molecule has 1 N–H and O–H groups in total. The van der Waals surface area contributed by atoms with Gasteiger partial charge < -0.3 is 14.8 Å². The van der Waals surface area contributed by atoms with Crippen molar-refractivity contribution < 1.29 is 9.47 Å². The second-order valence-corrected chi connectivity index (χ2v) is 4.61. The van der Waals surface area contributed by atoms with E-state index in [0.717, 1.165) is 30.9 Å². The standard InChI is InChI=1S/C13H25N3O2/c1-10(2)16-13(12(18-5)9-15-16)11(14-3)7-6-8-17-4/h9-11,14H,6-8H2,1-5H3. The summed E-state index contributed by atoms with van der Waals surface area (Å²) in [5.41, 5.74) is 1.12. The van der Waals surface area contributed by atoms with Gasteiger partial charge in [0.1, 0.15) is 0 Å². The van der Waals surface area contributed by atoms with Crippen molar-refractivity contribution in [2.75, 3.05) is 27.9 Å². The van der Waals surface area contributed by atoms with Gasteiger partial charge in [-0.1, -0.05) is 0 Å². The van der Waals surface area contributed by atoms with Crippen LogP contribution in [0.25, 0.3) is 0 Å². The van der Waals surface area contributed by atoms with Crippen LogP contribution < -0.4 is 10.1 Å². The molecule has 0 amide bonds. The first-order valence-corrected chi connectivity index (χ1v) is 6.43. The van der Waals surface area contributed by atoms with Crippen LogP contribution in [-0.2, 0) is 4.74 Å². The monoisotopic (exact) mass is 255 g/mol. The van der Waals surface area contributed by atoms with Crippen LogP contribution in [0.4, 0.5) is 0 Å². The van der Waals surface area contributed by atoms with Crippen LogP contribution in [0.5, 0.6) is 5.75 Å². The Morgan fingerprint density at radius 2 is 2.11 bits per heavy atom. The molecule has 1 unspecified atom stereocenters. The minimum absolute atomic E-state index is 0.236. The molecule has 0 aliphatic carbocycles. The molecule has 1 rings (SSSR count). The Morgan fingerprint density at radius 3 is 2.61 bits per heavy atom. The molecule has 5 heteroatoms. The van der Waals surface area contributed by atoms with Crippen molar-refractivity contribution in [3.63, 3.8) is 0 Å². The van der Waals surface area contributed by atoms with Gasteiger partial charge in [-0.25, -0.2) is 0 Å². The Bertz CT molecular complexity index is 350. The molecule has 18 heavy (non-hydrogen) atoms. The Hall–Kier alpha value is -1.07. The lowest BCUT2D eigenvalue weighted by molar-refractivity contribution is 0.188. The van der Waals surface area contributed by atoms with Crippen molar-refractivity contribution >= 4 is 0 Å². The maximum atomic E-state index is 5.41. The van der Waals surface area contributed by atoms with Gasteiger partial charge in [0.25, 0.3) is 0 Å². The summed E-state index contributed by atoms with van der Waals surface area (Å²) in [6, 6.07) is 0.558. The lowest BCUT2D eigenvalue weighted by Crippen LogP contribution is -2.22. The molecule has 0 saturated carbocycles. The zero-order valence-electron chi connectivity index (χ0n) is 12.1. The zero-order valence-corrected chi connectivity index (χ0v) is 12.1. The van der Waals surface area contributed by atoms with Crippen molar-refractivity contribution in [3.05, 3.63) is 11.9 Å². The van der Waals surface area contributed by atoms with Gasteiger partial charge in [0.05, 0.1) is 25.0 Å². The van der Waals surface area contributed by atoms with Crippen LogP contribution >= 0.6 is 0 Å². The van der Waals surface area contributed by atoms with Crippen LogP contribution in [0.2, 0.25) is 0 Å². The fourth-order valence-electron chi connectivity index (χ4n) is 2.11. The van der Waals surface area contributed by atoms with Crippen LogP contribution in [0, 0.1) is 0 Å². The van der Waals surface area contributed by atoms with Gasteiger partial charge in [-0.2, -0.15) is 5.10 Å². The Balaban J connectivity index is 2.91. The molecule has 0 aromatic carbocycles. The summed E-state index contributed by atoms with van der Waals surface area (Å²) >= 11 is 0. The van der Waals surface area contributed by atoms with Crippen molar-refractivity contribution in [2.45, 2.75) is 38.8 Å². The van der Waals surface area contributed by atoms with E-state index < -0.39 is 0 Å². The summed E-state index contributed by atoms with van der Waals surface area (Å²) in [5.74, 6) is 0.848. The zero-order chi connectivity index (χ0) is 13.5. The highest BCUT2D eigenvalue weighted by Gasteiger charge is 2.21. The predicted octanol–water partition coefficient (Wildman–Crippen LogP) is 2.16. The Morgan fingerprint density at radius 1 is 1.39 bits per heavy atom. The molecule has 0 radical (unpaired) electrons. The summed E-state index contributed by atoms with van der Waals surface area (Å²) in [6.07, 6.45) is 3.80. The van der Waals surface area contributed by atoms with E-state index in [-0.39, 0.29) is 6.04 Å². The maximum absolute atomic E-state index is 5.41. The quantitative estimate of drug-likeness (QED) is 0.723. The number of nitrogens with zero attached hydrogens (tertiary/aromatic N) is 2. The number of hydrogen-bond acceptors (Lipinski definition) is 4. The van der Waals surface area contributed by atoms with E-state index in [2.05, 4.69) is 24.3 Å². The minimum atomic E-state index is 0.236. The van der Waals surface area contributed by atoms with Gasteiger partial charge in [0.15, 0.2) is 5.75 Å². The molecular weight excluding hydrogens is 230 g/mol. The molecule has 0 aliphatic heterocycles. The van der Waals surface area contributed by atoms with E-state index >= 15 is 0 Å². The van der Waals surface area contributed by atoms with Gasteiger partial charge in [0.2, 0.25) is 0 Å². The van der Waals surface area contributed by atoms with Crippen LogP contribution in [0.1, 0.15) is 44.5 Å². The van der Waals surface area contributed by atoms with Crippen LogP contribution in [0.3, 0.4) is 0 Å². The normalized spacial score (nSPS) is 13.0. The molecule has 1 heterocycles. The van der Waals surface area contributed by atoms with Crippen LogP contribution in [-0.4, -0.2) is 37.7 Å². The second-order valence-electron chi connectivity index (χ2n) is 4.61. The molecule has 0 spiro atoms. The Kier molecular flexibility index (Phi) is 6.15. The first-order chi connectivity index (χ1) is 8.65. The van der Waals surface area contributed by atoms with Crippen molar-refractivity contribution in [3.8, 4) is 5.75 Å². The molecule has 1 atom stereocenters. The van der Waals surface area contributed by atoms with E-state index in [0.29, 0.717) is 6.04 Å². The molecule has 5 nitrogen and oxygen atoms in total. The van der Waals surface area contributed by atoms with E-state index in [1.165, 1.54) is 0 Å². The summed E-state index contributed by atoms with van der Waals surface area (Å²) < 4.78 is 12.5. The number of aromatic nitrogens is 2. The Labute approximate surface area is 109 Å². The molecule has 1 aromatic rings. The summed E-state index contributed by atoms with van der Waals surface area (Å²) in [4.78, 5) is 0. The fraction of sp³-hybridized carbons (Fsp3) is 0.769. The number of rotatable bonds is 8. The van der Waals surface area contributed by atoms with Gasteiger partial charge in [-0.05, 0) is 33.7 Å². The highest BCUT2D eigenvalue weighted by molar-refractivity contribution is 5.28. The minimum Gasteiger partial charge on any atom is -0.493 e. The van der Waals surface area contributed by atoms with Gasteiger partial charge >= 0.3 is 0 Å². The maximum Gasteiger partial charge on any atom is 0.161 e. The lowest BCUT2D eigenvalue weighted by Gasteiger charge is -2.21. The lowest BCUT2D eigenvalue weighted by atomic mass is 10.1. The van der Waals surface area contributed by atoms with Crippen molar-refractivity contribution in [1.29, 1.82) is 0 Å². The number of methoxy groups -OCH3 is 2. The van der Waals surface area contributed by atoms with E-state index in [1.54, 1.807) is 20.4 Å². The third-order valence-corrected chi connectivity index (χ3v) is 3.03. The summed E-state index contributed by atoms with van der Waals surface area (Å²) in [7, 11) is 5.38. The second kappa shape index (κ2) is 7.38. The SMILES string of the molecule is CNC(CCCOC)c1c(OC)cnn1C(C)C. The third-order valence-electron chi connectivity index (χ3n) is 3.03. The first-order valence-electron chi connectivity index (χ1n) is 6.43. The largest absolute Gasteiger partial charge is 0.493 e. The molecule has 0 aliphatic rings. The molecule has 0 fully saturated rings. The molecule has 1 aromatic heterocycles. The number of nitrogens with one attached hydrogen (secondary N) is 1. The third kappa shape index (κ3) is 3.46. The van der Waals surface area contributed by atoms with E-state index in [1.807, 2.05) is 11.7 Å². The highest BCUT2D eigenvalue weighted by atomic mass is 16.5. The average Bonchev–Trinajstić information content (AvgIpc) is 2.78. The smallest absolute Gasteiger partial charge is 0.161 e. The van der Waals surface area contributed by atoms with E-state index in [9.17, 15) is 0 Å². The molecule has 0 bridgehead atoms. The first kappa shape index (κ1) is 15.0. The van der Waals surface area contributed by atoms with Crippen LogP contribution in [0.15, 0.2) is 6.20 Å². The molecule has 0 saturated heterocycles. The average molecular weight is 255 g/mol. The van der Waals surface area contributed by atoms with Crippen molar-refractivity contribution in [1.82, 2.24) is 15.1 Å². The van der Waals surface area contributed by atoms with Gasteiger partial charge in [-0.3, -0.25) is 4.68 Å². The molecule has 104 valence electrons. The highest BCUT2D eigenvalue weighted by Crippen LogP contribution is 2.29. The molecular formula is C13H25N3O2.